The average molecular weight is 415 g/mol. The van der Waals surface area contributed by atoms with Gasteiger partial charge in [-0.2, -0.15) is 0 Å². The maximum Gasteiger partial charge on any atom is 0.341 e. The number of amides is 1. The molecular weight excluding hydrogens is 389 g/mol. The standard InChI is InChI=1S/C23H26FNO5/c1-3-12-30-20-9-8-18(15-19(20)21(26)28-2)25-22(27)23(10-13-29-14-11-23)16-4-6-17(24)7-5-16/h4-9,15H,3,10-14H2,1-2H3,(H,25,27). The van der Waals surface area contributed by atoms with Crippen molar-refractivity contribution in [1.29, 1.82) is 0 Å². The number of carbonyl (C=O) groups excluding carboxylic acids is 2. The van der Waals surface area contributed by atoms with Crippen molar-refractivity contribution in [3.8, 4) is 5.75 Å². The third-order valence-corrected chi connectivity index (χ3v) is 5.28. The maximum absolute atomic E-state index is 13.4. The van der Waals surface area contributed by atoms with Crippen molar-refractivity contribution in [1.82, 2.24) is 0 Å². The van der Waals surface area contributed by atoms with E-state index >= 15 is 0 Å². The van der Waals surface area contributed by atoms with Gasteiger partial charge in [0.1, 0.15) is 17.1 Å². The zero-order valence-corrected chi connectivity index (χ0v) is 17.2. The van der Waals surface area contributed by atoms with Crippen molar-refractivity contribution in [2.45, 2.75) is 31.6 Å². The van der Waals surface area contributed by atoms with Crippen LogP contribution >= 0.6 is 0 Å². The molecule has 0 atom stereocenters. The average Bonchev–Trinajstić information content (AvgIpc) is 2.78. The summed E-state index contributed by atoms with van der Waals surface area (Å²) in [6.45, 7) is 3.29. The van der Waals surface area contributed by atoms with Crippen LogP contribution in [0.25, 0.3) is 0 Å². The van der Waals surface area contributed by atoms with Crippen molar-refractivity contribution in [3.05, 3.63) is 59.4 Å². The first-order valence-electron chi connectivity index (χ1n) is 10.0. The summed E-state index contributed by atoms with van der Waals surface area (Å²) in [5.74, 6) is -0.722. The van der Waals surface area contributed by atoms with Crippen LogP contribution in [0.1, 0.15) is 42.1 Å². The fourth-order valence-electron chi connectivity index (χ4n) is 3.60. The Kier molecular flexibility index (Phi) is 7.05. The highest BCUT2D eigenvalue weighted by Gasteiger charge is 2.41. The Morgan fingerprint density at radius 2 is 1.83 bits per heavy atom. The minimum atomic E-state index is -0.839. The summed E-state index contributed by atoms with van der Waals surface area (Å²) in [7, 11) is 1.29. The summed E-state index contributed by atoms with van der Waals surface area (Å²) >= 11 is 0. The minimum Gasteiger partial charge on any atom is -0.493 e. The van der Waals surface area contributed by atoms with Crippen LogP contribution in [0.3, 0.4) is 0 Å². The van der Waals surface area contributed by atoms with Gasteiger partial charge in [-0.05, 0) is 55.2 Å². The number of methoxy groups -OCH3 is 1. The first-order chi connectivity index (χ1) is 14.5. The van der Waals surface area contributed by atoms with Crippen LogP contribution in [0.4, 0.5) is 10.1 Å². The number of nitrogens with one attached hydrogen (secondary N) is 1. The number of carbonyl (C=O) groups is 2. The zero-order valence-electron chi connectivity index (χ0n) is 17.2. The Bertz CT molecular complexity index is 891. The van der Waals surface area contributed by atoms with Crippen LogP contribution in [0, 0.1) is 5.82 Å². The van der Waals surface area contributed by atoms with Gasteiger partial charge in [0.05, 0.1) is 19.1 Å². The van der Waals surface area contributed by atoms with Crippen LogP contribution in [-0.4, -0.2) is 38.8 Å². The van der Waals surface area contributed by atoms with Gasteiger partial charge in [-0.15, -0.1) is 0 Å². The lowest BCUT2D eigenvalue weighted by Gasteiger charge is -2.36. The van der Waals surface area contributed by atoms with Gasteiger partial charge in [0, 0.05) is 18.9 Å². The number of benzene rings is 2. The fourth-order valence-corrected chi connectivity index (χ4v) is 3.60. The SMILES string of the molecule is CCCOc1ccc(NC(=O)C2(c3ccc(F)cc3)CCOCC2)cc1C(=O)OC. The minimum absolute atomic E-state index is 0.226. The first kappa shape index (κ1) is 21.8. The molecule has 3 rings (SSSR count). The van der Waals surface area contributed by atoms with E-state index in [-0.39, 0.29) is 17.3 Å². The Hall–Kier alpha value is -2.93. The van der Waals surface area contributed by atoms with Gasteiger partial charge < -0.3 is 19.5 Å². The van der Waals surface area contributed by atoms with E-state index in [2.05, 4.69) is 5.32 Å². The molecule has 0 bridgehead atoms. The summed E-state index contributed by atoms with van der Waals surface area (Å²) < 4.78 is 29.4. The lowest BCUT2D eigenvalue weighted by molar-refractivity contribution is -0.125. The summed E-state index contributed by atoms with van der Waals surface area (Å²) in [4.78, 5) is 25.6. The summed E-state index contributed by atoms with van der Waals surface area (Å²) in [5, 5.41) is 2.92. The lowest BCUT2D eigenvalue weighted by atomic mass is 9.73. The van der Waals surface area contributed by atoms with Crippen molar-refractivity contribution in [2.24, 2.45) is 0 Å². The highest BCUT2D eigenvalue weighted by Crippen LogP contribution is 2.36. The monoisotopic (exact) mass is 415 g/mol. The predicted octanol–water partition coefficient (Wildman–Crippen LogP) is 4.09. The van der Waals surface area contributed by atoms with E-state index in [0.29, 0.717) is 44.1 Å². The van der Waals surface area contributed by atoms with E-state index in [0.717, 1.165) is 12.0 Å². The predicted molar refractivity (Wildman–Crippen MR) is 110 cm³/mol. The van der Waals surface area contributed by atoms with Gasteiger partial charge >= 0.3 is 5.97 Å². The highest BCUT2D eigenvalue weighted by molar-refractivity contribution is 6.01. The molecule has 2 aromatic carbocycles. The molecule has 160 valence electrons. The zero-order chi connectivity index (χ0) is 21.6. The van der Waals surface area contributed by atoms with E-state index in [9.17, 15) is 14.0 Å². The number of rotatable bonds is 7. The van der Waals surface area contributed by atoms with E-state index < -0.39 is 11.4 Å². The molecule has 1 aliphatic rings. The van der Waals surface area contributed by atoms with Crippen LogP contribution < -0.4 is 10.1 Å². The quantitative estimate of drug-likeness (QED) is 0.690. The molecule has 0 radical (unpaired) electrons. The molecule has 1 saturated heterocycles. The molecule has 0 saturated carbocycles. The lowest BCUT2D eigenvalue weighted by Crippen LogP contribution is -2.44. The number of halogens is 1. The van der Waals surface area contributed by atoms with Gasteiger partial charge in [-0.25, -0.2) is 9.18 Å². The van der Waals surface area contributed by atoms with E-state index in [4.69, 9.17) is 14.2 Å². The van der Waals surface area contributed by atoms with Gasteiger partial charge in [0.15, 0.2) is 0 Å². The van der Waals surface area contributed by atoms with Crippen molar-refractivity contribution < 1.29 is 28.2 Å². The van der Waals surface area contributed by atoms with Gasteiger partial charge in [0.2, 0.25) is 5.91 Å². The normalized spacial score (nSPS) is 15.3. The Morgan fingerprint density at radius 3 is 2.47 bits per heavy atom. The number of esters is 1. The Labute approximate surface area is 175 Å². The second-order valence-corrected chi connectivity index (χ2v) is 7.21. The second kappa shape index (κ2) is 9.71. The molecular formula is C23H26FNO5. The van der Waals surface area contributed by atoms with E-state index in [1.165, 1.54) is 19.2 Å². The number of hydrogen-bond donors (Lipinski definition) is 1. The smallest absolute Gasteiger partial charge is 0.341 e. The molecule has 0 unspecified atom stereocenters. The highest BCUT2D eigenvalue weighted by atomic mass is 19.1. The van der Waals surface area contributed by atoms with Gasteiger partial charge in [-0.1, -0.05) is 19.1 Å². The third kappa shape index (κ3) is 4.62. The molecule has 6 nitrogen and oxygen atoms in total. The number of anilines is 1. The molecule has 0 aliphatic carbocycles. The van der Waals surface area contributed by atoms with Crippen molar-refractivity contribution >= 4 is 17.6 Å². The molecule has 7 heteroatoms. The molecule has 0 aromatic heterocycles. The summed E-state index contributed by atoms with van der Waals surface area (Å²) in [6.07, 6.45) is 1.75. The van der Waals surface area contributed by atoms with Crippen LogP contribution in [-0.2, 0) is 19.7 Å². The van der Waals surface area contributed by atoms with Crippen LogP contribution in [0.2, 0.25) is 0 Å². The van der Waals surface area contributed by atoms with Crippen molar-refractivity contribution in [3.63, 3.8) is 0 Å². The molecule has 1 N–H and O–H groups in total. The Balaban J connectivity index is 1.90. The van der Waals surface area contributed by atoms with Crippen LogP contribution in [0.15, 0.2) is 42.5 Å². The van der Waals surface area contributed by atoms with E-state index in [1.807, 2.05) is 6.92 Å². The second-order valence-electron chi connectivity index (χ2n) is 7.21. The van der Waals surface area contributed by atoms with Crippen molar-refractivity contribution in [2.75, 3.05) is 32.2 Å². The molecule has 30 heavy (non-hydrogen) atoms. The topological polar surface area (TPSA) is 73.9 Å². The van der Waals surface area contributed by atoms with Crippen LogP contribution in [0.5, 0.6) is 5.75 Å². The first-order valence-corrected chi connectivity index (χ1v) is 10.0. The molecule has 1 fully saturated rings. The van der Waals surface area contributed by atoms with Gasteiger partial charge in [-0.3, -0.25) is 4.79 Å². The summed E-state index contributed by atoms with van der Waals surface area (Å²) in [5.41, 5.74) is 0.596. The third-order valence-electron chi connectivity index (χ3n) is 5.28. The molecule has 1 aliphatic heterocycles. The largest absolute Gasteiger partial charge is 0.493 e. The van der Waals surface area contributed by atoms with E-state index in [1.54, 1.807) is 30.3 Å². The molecule has 1 heterocycles. The Morgan fingerprint density at radius 1 is 1.13 bits per heavy atom. The molecule has 0 spiro atoms. The fraction of sp³-hybridized carbons (Fsp3) is 0.391. The molecule has 1 amide bonds. The number of hydrogen-bond acceptors (Lipinski definition) is 5. The molecule has 2 aromatic rings. The summed E-state index contributed by atoms with van der Waals surface area (Å²) in [6, 6.07) is 10.9. The van der Waals surface area contributed by atoms with Gasteiger partial charge in [0.25, 0.3) is 0 Å². The maximum atomic E-state index is 13.4. The number of ether oxygens (including phenoxy) is 3.